The summed E-state index contributed by atoms with van der Waals surface area (Å²) < 4.78 is 5.32. The number of benzene rings is 1. The second kappa shape index (κ2) is 9.14. The molecule has 2 amide bonds. The number of piperazine rings is 1. The zero-order valence-electron chi connectivity index (χ0n) is 17.1. The summed E-state index contributed by atoms with van der Waals surface area (Å²) in [4.78, 5) is 29.5. The Bertz CT molecular complexity index is 715. The van der Waals surface area contributed by atoms with Crippen LogP contribution < -0.4 is 10.5 Å². The van der Waals surface area contributed by atoms with Gasteiger partial charge in [0.15, 0.2) is 0 Å². The maximum atomic E-state index is 13.0. The van der Waals surface area contributed by atoms with Crippen LogP contribution >= 0.6 is 12.4 Å². The third kappa shape index (κ3) is 4.61. The van der Waals surface area contributed by atoms with Crippen molar-refractivity contribution in [2.45, 2.75) is 45.1 Å². The fourth-order valence-electron chi connectivity index (χ4n) is 4.25. The zero-order valence-corrected chi connectivity index (χ0v) is 17.9. The Kier molecular flexibility index (Phi) is 7.34. The van der Waals surface area contributed by atoms with Crippen molar-refractivity contribution in [3.8, 4) is 5.75 Å². The number of nitrogens with two attached hydrogens (primary N) is 1. The number of nitrogens with zero attached hydrogens (tertiary/aromatic N) is 2. The molecule has 0 spiro atoms. The van der Waals surface area contributed by atoms with Crippen molar-refractivity contribution in [3.05, 3.63) is 29.3 Å². The van der Waals surface area contributed by atoms with E-state index in [1.165, 1.54) is 0 Å². The van der Waals surface area contributed by atoms with Crippen molar-refractivity contribution >= 4 is 24.2 Å². The van der Waals surface area contributed by atoms with Gasteiger partial charge in [-0.2, -0.15) is 0 Å². The predicted octanol–water partition coefficient (Wildman–Crippen LogP) is 2.62. The van der Waals surface area contributed by atoms with E-state index in [-0.39, 0.29) is 30.1 Å². The van der Waals surface area contributed by atoms with Gasteiger partial charge in [-0.3, -0.25) is 9.59 Å². The molecule has 0 bridgehead atoms. The van der Waals surface area contributed by atoms with Crippen LogP contribution in [-0.2, 0) is 4.79 Å². The number of aryl methyl sites for hydroxylation is 1. The fourth-order valence-corrected chi connectivity index (χ4v) is 4.25. The van der Waals surface area contributed by atoms with Crippen molar-refractivity contribution in [2.75, 3.05) is 33.3 Å². The second-order valence-corrected chi connectivity index (χ2v) is 8.11. The number of halogens is 1. The number of rotatable bonds is 3. The number of carbonyl (C=O) groups is 2. The molecular formula is C21H32ClN3O3. The first-order valence-electron chi connectivity index (χ1n) is 9.85. The van der Waals surface area contributed by atoms with E-state index in [1.54, 1.807) is 13.2 Å². The van der Waals surface area contributed by atoms with Crippen molar-refractivity contribution in [1.82, 2.24) is 9.80 Å². The lowest BCUT2D eigenvalue weighted by atomic mass is 9.74. The van der Waals surface area contributed by atoms with Gasteiger partial charge in [-0.05, 0) is 44.4 Å². The molecule has 1 aliphatic heterocycles. The van der Waals surface area contributed by atoms with Crippen molar-refractivity contribution in [2.24, 2.45) is 11.7 Å². The van der Waals surface area contributed by atoms with E-state index in [1.807, 2.05) is 35.8 Å². The van der Waals surface area contributed by atoms with Crippen molar-refractivity contribution in [3.63, 3.8) is 0 Å². The molecule has 2 aliphatic rings. The van der Waals surface area contributed by atoms with Crippen LogP contribution in [0, 0.1) is 12.8 Å². The third-order valence-electron chi connectivity index (χ3n) is 6.09. The molecule has 1 heterocycles. The Morgan fingerprint density at radius 2 is 1.79 bits per heavy atom. The highest BCUT2D eigenvalue weighted by molar-refractivity contribution is 5.95. The first-order valence-corrected chi connectivity index (χ1v) is 9.85. The molecule has 6 nitrogen and oxygen atoms in total. The first-order chi connectivity index (χ1) is 12.8. The van der Waals surface area contributed by atoms with Gasteiger partial charge in [0.1, 0.15) is 5.75 Å². The van der Waals surface area contributed by atoms with E-state index < -0.39 is 5.54 Å². The quantitative estimate of drug-likeness (QED) is 0.832. The number of hydrogen-bond acceptors (Lipinski definition) is 4. The van der Waals surface area contributed by atoms with E-state index in [9.17, 15) is 9.59 Å². The zero-order chi connectivity index (χ0) is 19.6. The molecule has 2 unspecified atom stereocenters. The van der Waals surface area contributed by atoms with E-state index in [0.717, 1.165) is 31.2 Å². The van der Waals surface area contributed by atoms with Crippen LogP contribution in [0.1, 0.15) is 48.5 Å². The maximum Gasteiger partial charge on any atom is 0.254 e. The molecule has 1 aliphatic carbocycles. The van der Waals surface area contributed by atoms with E-state index >= 15 is 0 Å². The largest absolute Gasteiger partial charge is 0.496 e. The van der Waals surface area contributed by atoms with Gasteiger partial charge in [0, 0.05) is 37.3 Å². The van der Waals surface area contributed by atoms with Gasteiger partial charge in [0.2, 0.25) is 5.91 Å². The molecule has 1 aromatic carbocycles. The third-order valence-corrected chi connectivity index (χ3v) is 6.09. The highest BCUT2D eigenvalue weighted by Gasteiger charge is 2.40. The first kappa shape index (κ1) is 22.5. The van der Waals surface area contributed by atoms with Gasteiger partial charge in [-0.15, -0.1) is 12.4 Å². The van der Waals surface area contributed by atoms with Crippen LogP contribution in [0.2, 0.25) is 0 Å². The average molecular weight is 410 g/mol. The van der Waals surface area contributed by atoms with Gasteiger partial charge >= 0.3 is 0 Å². The average Bonchev–Trinajstić information content (AvgIpc) is 2.67. The molecule has 0 aromatic heterocycles. The summed E-state index contributed by atoms with van der Waals surface area (Å²) in [5.74, 6) is 0.759. The Balaban J connectivity index is 0.00000280. The van der Waals surface area contributed by atoms with Crippen LogP contribution in [0.15, 0.2) is 18.2 Å². The van der Waals surface area contributed by atoms with Crippen molar-refractivity contribution < 1.29 is 14.3 Å². The highest BCUT2D eigenvalue weighted by atomic mass is 35.5. The minimum atomic E-state index is -0.416. The number of methoxy groups -OCH3 is 1. The van der Waals surface area contributed by atoms with Gasteiger partial charge in [-0.25, -0.2) is 0 Å². The van der Waals surface area contributed by atoms with Gasteiger partial charge in [0.25, 0.3) is 5.91 Å². The molecule has 2 atom stereocenters. The lowest BCUT2D eigenvalue weighted by molar-refractivity contribution is -0.140. The summed E-state index contributed by atoms with van der Waals surface area (Å²) in [5, 5.41) is 0. The Labute approximate surface area is 173 Å². The number of hydrogen-bond donors (Lipinski definition) is 1. The van der Waals surface area contributed by atoms with Crippen LogP contribution in [-0.4, -0.2) is 60.4 Å². The lowest BCUT2D eigenvalue weighted by Crippen LogP contribution is -2.57. The second-order valence-electron chi connectivity index (χ2n) is 8.11. The normalized spacial score (nSPS) is 25.1. The van der Waals surface area contributed by atoms with Gasteiger partial charge in [-0.1, -0.05) is 18.9 Å². The highest BCUT2D eigenvalue weighted by Crippen LogP contribution is 2.33. The van der Waals surface area contributed by atoms with Crippen LogP contribution in [0.5, 0.6) is 5.75 Å². The van der Waals surface area contributed by atoms with Gasteiger partial charge < -0.3 is 20.3 Å². The maximum absolute atomic E-state index is 13.0. The van der Waals surface area contributed by atoms with Crippen LogP contribution in [0.4, 0.5) is 0 Å². The van der Waals surface area contributed by atoms with E-state index in [2.05, 4.69) is 0 Å². The molecule has 1 aromatic rings. The summed E-state index contributed by atoms with van der Waals surface area (Å²) in [6.45, 7) is 6.19. The van der Waals surface area contributed by atoms with Crippen LogP contribution in [0.3, 0.4) is 0 Å². The summed E-state index contributed by atoms with van der Waals surface area (Å²) in [7, 11) is 1.61. The SMILES string of the molecule is COc1cc(C(=O)N2CCN(C(=O)C3CCCCC3(C)N)CC2)ccc1C.Cl. The monoisotopic (exact) mass is 409 g/mol. The lowest BCUT2D eigenvalue weighted by Gasteiger charge is -2.42. The Hall–Kier alpha value is -1.79. The number of ether oxygens (including phenoxy) is 1. The summed E-state index contributed by atoms with van der Waals surface area (Å²) in [5.41, 5.74) is 7.61. The fraction of sp³-hybridized carbons (Fsp3) is 0.619. The van der Waals surface area contributed by atoms with Gasteiger partial charge in [0.05, 0.1) is 13.0 Å². The molecule has 1 saturated carbocycles. The molecule has 7 heteroatoms. The molecule has 28 heavy (non-hydrogen) atoms. The molecule has 3 rings (SSSR count). The molecule has 2 N–H and O–H groups in total. The van der Waals surface area contributed by atoms with E-state index in [4.69, 9.17) is 10.5 Å². The standard InChI is InChI=1S/C21H31N3O3.ClH/c1-15-7-8-16(14-18(15)27-3)19(25)23-10-12-24(13-11-23)20(26)17-6-4-5-9-21(17,2)22;/h7-8,14,17H,4-6,9-13,22H2,1-3H3;1H. The topological polar surface area (TPSA) is 75.9 Å². The molecule has 1 saturated heterocycles. The summed E-state index contributed by atoms with van der Waals surface area (Å²) in [6, 6.07) is 5.52. The predicted molar refractivity (Wildman–Crippen MR) is 112 cm³/mol. The summed E-state index contributed by atoms with van der Waals surface area (Å²) >= 11 is 0. The molecular weight excluding hydrogens is 378 g/mol. The Morgan fingerprint density at radius 1 is 1.14 bits per heavy atom. The minimum Gasteiger partial charge on any atom is -0.496 e. The van der Waals surface area contributed by atoms with Crippen LogP contribution in [0.25, 0.3) is 0 Å². The Morgan fingerprint density at radius 3 is 2.39 bits per heavy atom. The number of amides is 2. The minimum absolute atomic E-state index is 0. The van der Waals surface area contributed by atoms with E-state index in [0.29, 0.717) is 37.5 Å². The van der Waals surface area contributed by atoms with Crippen molar-refractivity contribution in [1.29, 1.82) is 0 Å². The summed E-state index contributed by atoms with van der Waals surface area (Å²) in [6.07, 6.45) is 3.93. The molecule has 0 radical (unpaired) electrons. The molecule has 2 fully saturated rings. The number of carbonyl (C=O) groups excluding carboxylic acids is 2. The smallest absolute Gasteiger partial charge is 0.254 e. The molecule has 156 valence electrons.